The van der Waals surface area contributed by atoms with Crippen LogP contribution in [0.5, 0.6) is 5.75 Å². The molecule has 0 spiro atoms. The molecular weight excluding hydrogens is 312 g/mol. The number of hydrogen-bond donors (Lipinski definition) is 2. The van der Waals surface area contributed by atoms with E-state index in [1.165, 1.54) is 0 Å². The standard InChI is InChI=1S/C17H18N2O3S/c18-10-5-11-22-15-9-4-6-13-12-16(19-17(13)15)23(20,21)14-7-2-1-3-8-14/h1-4,6-9,12,19H,5,10-11,18H2. The normalized spacial score (nSPS) is 11.7. The molecule has 6 heteroatoms. The van der Waals surface area contributed by atoms with Crippen LogP contribution in [0.15, 0.2) is 64.5 Å². The van der Waals surface area contributed by atoms with Gasteiger partial charge < -0.3 is 15.5 Å². The Hall–Kier alpha value is -2.31. The van der Waals surface area contributed by atoms with Crippen molar-refractivity contribution in [3.8, 4) is 5.75 Å². The highest BCUT2D eigenvalue weighted by Crippen LogP contribution is 2.29. The van der Waals surface area contributed by atoms with E-state index in [4.69, 9.17) is 10.5 Å². The van der Waals surface area contributed by atoms with Crippen molar-refractivity contribution in [1.29, 1.82) is 0 Å². The molecule has 0 radical (unpaired) electrons. The lowest BCUT2D eigenvalue weighted by atomic mass is 10.2. The highest BCUT2D eigenvalue weighted by atomic mass is 32.2. The van der Waals surface area contributed by atoms with E-state index < -0.39 is 9.84 Å². The van der Waals surface area contributed by atoms with Gasteiger partial charge in [-0.15, -0.1) is 0 Å². The Kier molecular flexibility index (Phi) is 4.36. The third-order valence-corrected chi connectivity index (χ3v) is 5.23. The average molecular weight is 330 g/mol. The second-order valence-electron chi connectivity index (χ2n) is 5.16. The number of benzene rings is 2. The maximum Gasteiger partial charge on any atom is 0.221 e. The largest absolute Gasteiger partial charge is 0.491 e. The number of rotatable bonds is 6. The van der Waals surface area contributed by atoms with Crippen LogP contribution in [0.3, 0.4) is 0 Å². The molecular formula is C17H18N2O3S. The summed E-state index contributed by atoms with van der Waals surface area (Å²) in [6, 6.07) is 15.5. The van der Waals surface area contributed by atoms with Crippen molar-refractivity contribution in [3.05, 3.63) is 54.6 Å². The predicted molar refractivity (Wildman–Crippen MR) is 89.4 cm³/mol. The van der Waals surface area contributed by atoms with Crippen molar-refractivity contribution in [3.63, 3.8) is 0 Å². The van der Waals surface area contributed by atoms with Gasteiger partial charge in [0.2, 0.25) is 9.84 Å². The van der Waals surface area contributed by atoms with Crippen molar-refractivity contribution in [2.75, 3.05) is 13.2 Å². The fraction of sp³-hybridized carbons (Fsp3) is 0.176. The number of sulfone groups is 1. The zero-order valence-corrected chi connectivity index (χ0v) is 13.3. The molecule has 0 unspecified atom stereocenters. The van der Waals surface area contributed by atoms with Gasteiger partial charge in [-0.2, -0.15) is 0 Å². The van der Waals surface area contributed by atoms with E-state index >= 15 is 0 Å². The Bertz CT molecular complexity index is 902. The molecule has 0 aliphatic heterocycles. The summed E-state index contributed by atoms with van der Waals surface area (Å²) < 4.78 is 31.1. The number of ether oxygens (including phenoxy) is 1. The summed E-state index contributed by atoms with van der Waals surface area (Å²) in [5, 5.41) is 0.957. The molecule has 2 aromatic carbocycles. The Balaban J connectivity index is 2.02. The zero-order valence-electron chi connectivity index (χ0n) is 12.5. The van der Waals surface area contributed by atoms with Crippen molar-refractivity contribution in [1.82, 2.24) is 4.98 Å². The fourth-order valence-electron chi connectivity index (χ4n) is 2.36. The molecule has 0 fully saturated rings. The number of fused-ring (bicyclic) bond motifs is 1. The highest BCUT2D eigenvalue weighted by Gasteiger charge is 2.20. The zero-order chi connectivity index (χ0) is 16.3. The van der Waals surface area contributed by atoms with Gasteiger partial charge in [-0.1, -0.05) is 30.3 Å². The van der Waals surface area contributed by atoms with Crippen molar-refractivity contribution in [2.45, 2.75) is 16.3 Å². The van der Waals surface area contributed by atoms with Crippen molar-refractivity contribution < 1.29 is 13.2 Å². The quantitative estimate of drug-likeness (QED) is 0.681. The molecule has 1 heterocycles. The van der Waals surface area contributed by atoms with E-state index in [2.05, 4.69) is 4.98 Å². The molecule has 3 aromatic rings. The smallest absolute Gasteiger partial charge is 0.221 e. The van der Waals surface area contributed by atoms with E-state index in [1.54, 1.807) is 36.4 Å². The number of aromatic nitrogens is 1. The molecule has 3 rings (SSSR count). The fourth-order valence-corrected chi connectivity index (χ4v) is 3.65. The molecule has 5 nitrogen and oxygen atoms in total. The first-order chi connectivity index (χ1) is 11.1. The lowest BCUT2D eigenvalue weighted by Gasteiger charge is -2.06. The molecule has 3 N–H and O–H groups in total. The maximum absolute atomic E-state index is 12.7. The number of hydrogen-bond acceptors (Lipinski definition) is 4. The minimum absolute atomic E-state index is 0.161. The molecule has 0 aliphatic carbocycles. The molecule has 0 atom stereocenters. The van der Waals surface area contributed by atoms with Gasteiger partial charge in [0.1, 0.15) is 10.8 Å². The van der Waals surface area contributed by atoms with Crippen molar-refractivity contribution in [2.24, 2.45) is 5.73 Å². The number of nitrogens with one attached hydrogen (secondary N) is 1. The van der Waals surface area contributed by atoms with Crippen LogP contribution in [0, 0.1) is 0 Å². The number of aromatic amines is 1. The summed E-state index contributed by atoms with van der Waals surface area (Å²) in [5.74, 6) is 0.630. The monoisotopic (exact) mass is 330 g/mol. The first kappa shape index (κ1) is 15.6. The predicted octanol–water partition coefficient (Wildman–Crippen LogP) is 2.73. The van der Waals surface area contributed by atoms with Gasteiger partial charge in [0.25, 0.3) is 0 Å². The molecule has 0 saturated carbocycles. The summed E-state index contributed by atoms with van der Waals surface area (Å²) in [7, 11) is -3.57. The van der Waals surface area contributed by atoms with Crippen LogP contribution in [0.4, 0.5) is 0 Å². The van der Waals surface area contributed by atoms with Crippen LogP contribution in [-0.2, 0) is 9.84 Å². The summed E-state index contributed by atoms with van der Waals surface area (Å²) in [6.45, 7) is 1.05. The van der Waals surface area contributed by atoms with Gasteiger partial charge in [-0.05, 0) is 37.2 Å². The third kappa shape index (κ3) is 3.09. The molecule has 0 saturated heterocycles. The van der Waals surface area contributed by atoms with Crippen LogP contribution < -0.4 is 10.5 Å². The number of nitrogens with two attached hydrogens (primary N) is 1. The molecule has 0 amide bonds. The lowest BCUT2D eigenvalue weighted by Crippen LogP contribution is -2.06. The van der Waals surface area contributed by atoms with E-state index in [-0.39, 0.29) is 9.92 Å². The minimum Gasteiger partial charge on any atom is -0.491 e. The Morgan fingerprint density at radius 3 is 2.57 bits per heavy atom. The molecule has 0 aliphatic rings. The van der Waals surface area contributed by atoms with E-state index in [9.17, 15) is 8.42 Å². The summed E-state index contributed by atoms with van der Waals surface area (Å²) in [5.41, 5.74) is 6.14. The van der Waals surface area contributed by atoms with E-state index in [1.807, 2.05) is 18.2 Å². The van der Waals surface area contributed by atoms with Gasteiger partial charge in [0.15, 0.2) is 0 Å². The number of para-hydroxylation sites is 1. The van der Waals surface area contributed by atoms with Gasteiger partial charge in [-0.25, -0.2) is 8.42 Å². The Morgan fingerprint density at radius 2 is 1.83 bits per heavy atom. The van der Waals surface area contributed by atoms with Crippen LogP contribution in [0.2, 0.25) is 0 Å². The molecule has 23 heavy (non-hydrogen) atoms. The maximum atomic E-state index is 12.7. The first-order valence-electron chi connectivity index (χ1n) is 7.37. The van der Waals surface area contributed by atoms with Gasteiger partial charge in [0.05, 0.1) is 17.0 Å². The SMILES string of the molecule is NCCCOc1cccc2cc(S(=O)(=O)c3ccccc3)[nH]c12. The van der Waals surface area contributed by atoms with Crippen LogP contribution >= 0.6 is 0 Å². The summed E-state index contributed by atoms with van der Waals surface area (Å²) >= 11 is 0. The minimum atomic E-state index is -3.57. The summed E-state index contributed by atoms with van der Waals surface area (Å²) in [4.78, 5) is 3.25. The summed E-state index contributed by atoms with van der Waals surface area (Å²) in [6.07, 6.45) is 0.742. The lowest BCUT2D eigenvalue weighted by molar-refractivity contribution is 0.316. The Labute approximate surface area is 135 Å². The van der Waals surface area contributed by atoms with Crippen molar-refractivity contribution >= 4 is 20.7 Å². The van der Waals surface area contributed by atoms with Crippen LogP contribution in [-0.4, -0.2) is 26.6 Å². The van der Waals surface area contributed by atoms with Gasteiger partial charge in [-0.3, -0.25) is 0 Å². The molecule has 1 aromatic heterocycles. The van der Waals surface area contributed by atoms with Crippen LogP contribution in [0.25, 0.3) is 10.9 Å². The molecule has 0 bridgehead atoms. The average Bonchev–Trinajstić information content (AvgIpc) is 3.02. The van der Waals surface area contributed by atoms with Gasteiger partial charge in [0, 0.05) is 5.39 Å². The second-order valence-corrected chi connectivity index (χ2v) is 7.08. The van der Waals surface area contributed by atoms with Gasteiger partial charge >= 0.3 is 0 Å². The first-order valence-corrected chi connectivity index (χ1v) is 8.86. The highest BCUT2D eigenvalue weighted by molar-refractivity contribution is 7.91. The van der Waals surface area contributed by atoms with E-state index in [0.717, 1.165) is 11.8 Å². The third-order valence-electron chi connectivity index (χ3n) is 3.54. The van der Waals surface area contributed by atoms with E-state index in [0.29, 0.717) is 24.4 Å². The second kappa shape index (κ2) is 6.44. The number of H-pyrrole nitrogens is 1. The topological polar surface area (TPSA) is 85.2 Å². The Morgan fingerprint density at radius 1 is 1.04 bits per heavy atom. The van der Waals surface area contributed by atoms with Crippen LogP contribution in [0.1, 0.15) is 6.42 Å². The molecule has 120 valence electrons.